The van der Waals surface area contributed by atoms with Gasteiger partial charge in [0, 0.05) is 12.6 Å². The Kier molecular flexibility index (Phi) is 4.72. The van der Waals surface area contributed by atoms with E-state index in [0.29, 0.717) is 17.0 Å². The molecule has 2 aromatic carbocycles. The van der Waals surface area contributed by atoms with Crippen LogP contribution in [0, 0.1) is 17.6 Å². The Morgan fingerprint density at radius 1 is 0.923 bits per heavy atom. The molecule has 0 radical (unpaired) electrons. The van der Waals surface area contributed by atoms with E-state index in [1.165, 1.54) is 24.3 Å². The third-order valence-electron chi connectivity index (χ3n) is 5.65. The topological polar surface area (TPSA) is 32.3 Å². The molecular formula is C21H22F2N2O. The van der Waals surface area contributed by atoms with Crippen LogP contribution in [-0.4, -0.2) is 36.5 Å². The van der Waals surface area contributed by atoms with Crippen molar-refractivity contribution in [1.29, 1.82) is 0 Å². The first kappa shape index (κ1) is 17.2. The maximum Gasteiger partial charge on any atom is 0.232 e. The fraction of sp³-hybridized carbons (Fsp3) is 0.381. The van der Waals surface area contributed by atoms with Crippen LogP contribution in [0.4, 0.5) is 8.78 Å². The highest BCUT2D eigenvalue weighted by Crippen LogP contribution is 2.30. The third-order valence-corrected chi connectivity index (χ3v) is 5.65. The number of halogens is 2. The van der Waals surface area contributed by atoms with Crippen LogP contribution in [0.1, 0.15) is 29.9 Å². The molecule has 3 aliphatic rings. The van der Waals surface area contributed by atoms with Gasteiger partial charge in [0.15, 0.2) is 0 Å². The first-order valence-corrected chi connectivity index (χ1v) is 9.14. The summed E-state index contributed by atoms with van der Waals surface area (Å²) in [7, 11) is 0. The summed E-state index contributed by atoms with van der Waals surface area (Å²) >= 11 is 0. The van der Waals surface area contributed by atoms with Crippen molar-refractivity contribution in [3.63, 3.8) is 0 Å². The Balaban J connectivity index is 1.60. The number of fused-ring (bicyclic) bond motifs is 3. The summed E-state index contributed by atoms with van der Waals surface area (Å²) < 4.78 is 26.7. The predicted molar refractivity (Wildman–Crippen MR) is 95.7 cm³/mol. The SMILES string of the molecule is O=C(N[C@@H]1CN2CCC1CC2)C(c1ccc(F)cc1)c1ccc(F)cc1. The highest BCUT2D eigenvalue weighted by atomic mass is 19.1. The van der Waals surface area contributed by atoms with E-state index in [1.54, 1.807) is 24.3 Å². The van der Waals surface area contributed by atoms with Gasteiger partial charge < -0.3 is 10.2 Å². The lowest BCUT2D eigenvalue weighted by molar-refractivity contribution is -0.123. The first-order chi connectivity index (χ1) is 12.6. The molecule has 0 spiro atoms. The molecule has 3 saturated heterocycles. The molecule has 3 aliphatic heterocycles. The van der Waals surface area contributed by atoms with E-state index in [4.69, 9.17) is 0 Å². The number of nitrogens with zero attached hydrogens (tertiary/aromatic N) is 1. The molecule has 1 atom stereocenters. The summed E-state index contributed by atoms with van der Waals surface area (Å²) in [5.41, 5.74) is 1.41. The largest absolute Gasteiger partial charge is 0.351 e. The number of hydrogen-bond donors (Lipinski definition) is 1. The fourth-order valence-corrected chi connectivity index (χ4v) is 4.20. The fourth-order valence-electron chi connectivity index (χ4n) is 4.20. The van der Waals surface area contributed by atoms with Crippen LogP contribution < -0.4 is 5.32 Å². The summed E-state index contributed by atoms with van der Waals surface area (Å²) in [5.74, 6) is -0.853. The summed E-state index contributed by atoms with van der Waals surface area (Å²) in [6.07, 6.45) is 2.23. The van der Waals surface area contributed by atoms with Crippen LogP contribution >= 0.6 is 0 Å². The van der Waals surface area contributed by atoms with E-state index in [9.17, 15) is 13.6 Å². The zero-order chi connectivity index (χ0) is 18.1. The van der Waals surface area contributed by atoms with Crippen LogP contribution in [-0.2, 0) is 4.79 Å². The number of carbonyl (C=O) groups excluding carboxylic acids is 1. The van der Waals surface area contributed by atoms with E-state index in [2.05, 4.69) is 10.2 Å². The number of nitrogens with one attached hydrogen (secondary N) is 1. The third kappa shape index (κ3) is 3.49. The van der Waals surface area contributed by atoms with E-state index >= 15 is 0 Å². The molecule has 5 rings (SSSR count). The number of rotatable bonds is 4. The molecule has 3 nitrogen and oxygen atoms in total. The smallest absolute Gasteiger partial charge is 0.232 e. The quantitative estimate of drug-likeness (QED) is 0.912. The minimum absolute atomic E-state index is 0.109. The molecular weight excluding hydrogens is 334 g/mol. The zero-order valence-corrected chi connectivity index (χ0v) is 14.5. The summed E-state index contributed by atoms with van der Waals surface area (Å²) in [6.45, 7) is 3.10. The second kappa shape index (κ2) is 7.16. The second-order valence-electron chi connectivity index (χ2n) is 7.29. The van der Waals surface area contributed by atoms with Gasteiger partial charge in [-0.2, -0.15) is 0 Å². The molecule has 0 aliphatic carbocycles. The molecule has 3 fully saturated rings. The standard InChI is InChI=1S/C21H22F2N2O/c22-17-5-1-15(2-6-17)20(16-3-7-18(23)8-4-16)21(26)24-19-13-25-11-9-14(19)10-12-25/h1-8,14,19-20H,9-13H2,(H,24,26)/t19-/m1/s1. The van der Waals surface area contributed by atoms with Gasteiger partial charge in [-0.25, -0.2) is 8.78 Å². The maximum atomic E-state index is 13.3. The Labute approximate surface area is 152 Å². The summed E-state index contributed by atoms with van der Waals surface area (Å²) in [4.78, 5) is 15.5. The molecule has 2 aromatic rings. The van der Waals surface area contributed by atoms with Gasteiger partial charge in [-0.15, -0.1) is 0 Å². The van der Waals surface area contributed by atoms with Crippen LogP contribution in [0.15, 0.2) is 48.5 Å². The average Bonchev–Trinajstić information content (AvgIpc) is 2.66. The van der Waals surface area contributed by atoms with Gasteiger partial charge >= 0.3 is 0 Å². The van der Waals surface area contributed by atoms with Gasteiger partial charge in [-0.05, 0) is 67.2 Å². The maximum absolute atomic E-state index is 13.3. The lowest BCUT2D eigenvalue weighted by Gasteiger charge is -2.45. The van der Waals surface area contributed by atoms with E-state index in [1.807, 2.05) is 0 Å². The first-order valence-electron chi connectivity index (χ1n) is 9.14. The van der Waals surface area contributed by atoms with Crippen molar-refractivity contribution in [2.75, 3.05) is 19.6 Å². The van der Waals surface area contributed by atoms with Gasteiger partial charge in [0.25, 0.3) is 0 Å². The number of benzene rings is 2. The second-order valence-corrected chi connectivity index (χ2v) is 7.29. The van der Waals surface area contributed by atoms with Crippen molar-refractivity contribution in [3.8, 4) is 0 Å². The van der Waals surface area contributed by atoms with Crippen molar-refractivity contribution < 1.29 is 13.6 Å². The monoisotopic (exact) mass is 356 g/mol. The minimum Gasteiger partial charge on any atom is -0.351 e. The molecule has 5 heteroatoms. The molecule has 1 amide bonds. The molecule has 1 N–H and O–H groups in total. The highest BCUT2D eigenvalue weighted by molar-refractivity contribution is 5.87. The van der Waals surface area contributed by atoms with Gasteiger partial charge in [-0.1, -0.05) is 24.3 Å². The van der Waals surface area contributed by atoms with Gasteiger partial charge in [0.05, 0.1) is 5.92 Å². The summed E-state index contributed by atoms with van der Waals surface area (Å²) in [5, 5.41) is 3.21. The lowest BCUT2D eigenvalue weighted by atomic mass is 9.83. The molecule has 0 saturated carbocycles. The predicted octanol–water partition coefficient (Wildman–Crippen LogP) is 3.31. The van der Waals surface area contributed by atoms with Crippen molar-refractivity contribution in [1.82, 2.24) is 10.2 Å². The van der Waals surface area contributed by atoms with Crippen LogP contribution in [0.2, 0.25) is 0 Å². The van der Waals surface area contributed by atoms with E-state index in [0.717, 1.165) is 32.5 Å². The van der Waals surface area contributed by atoms with Crippen molar-refractivity contribution in [3.05, 3.63) is 71.3 Å². The highest BCUT2D eigenvalue weighted by Gasteiger charge is 2.36. The van der Waals surface area contributed by atoms with E-state index < -0.39 is 5.92 Å². The summed E-state index contributed by atoms with van der Waals surface area (Å²) in [6, 6.07) is 12.1. The number of piperidine rings is 3. The molecule has 26 heavy (non-hydrogen) atoms. The molecule has 0 aromatic heterocycles. The Hall–Kier alpha value is -2.27. The van der Waals surface area contributed by atoms with Gasteiger partial charge in [0.1, 0.15) is 11.6 Å². The van der Waals surface area contributed by atoms with Crippen molar-refractivity contribution >= 4 is 5.91 Å². The molecule has 0 unspecified atom stereocenters. The Morgan fingerprint density at radius 3 is 1.85 bits per heavy atom. The van der Waals surface area contributed by atoms with Crippen molar-refractivity contribution in [2.24, 2.45) is 5.92 Å². The molecule has 3 heterocycles. The van der Waals surface area contributed by atoms with Crippen molar-refractivity contribution in [2.45, 2.75) is 24.8 Å². The number of hydrogen-bond acceptors (Lipinski definition) is 2. The van der Waals surface area contributed by atoms with Gasteiger partial charge in [0.2, 0.25) is 5.91 Å². The normalized spacial score (nSPS) is 24.7. The minimum atomic E-state index is -0.577. The van der Waals surface area contributed by atoms with Crippen LogP contribution in [0.3, 0.4) is 0 Å². The molecule has 136 valence electrons. The Morgan fingerprint density at radius 2 is 1.42 bits per heavy atom. The lowest BCUT2D eigenvalue weighted by Crippen LogP contribution is -2.57. The number of carbonyl (C=O) groups is 1. The zero-order valence-electron chi connectivity index (χ0n) is 14.5. The number of amides is 1. The average molecular weight is 356 g/mol. The Bertz CT molecular complexity index is 722. The van der Waals surface area contributed by atoms with Crippen LogP contribution in [0.25, 0.3) is 0 Å². The van der Waals surface area contributed by atoms with Gasteiger partial charge in [-0.3, -0.25) is 4.79 Å². The van der Waals surface area contributed by atoms with Crippen LogP contribution in [0.5, 0.6) is 0 Å². The van der Waals surface area contributed by atoms with E-state index in [-0.39, 0.29) is 23.6 Å². The molecule has 2 bridgehead atoms.